The summed E-state index contributed by atoms with van der Waals surface area (Å²) in [6, 6.07) is 16.3. The minimum Gasteiger partial charge on any atom is -0.331 e. The monoisotopic (exact) mass is 352 g/mol. The summed E-state index contributed by atoms with van der Waals surface area (Å²) < 4.78 is 14.5. The molecule has 0 aliphatic rings. The Labute approximate surface area is 149 Å². The highest BCUT2D eigenvalue weighted by Crippen LogP contribution is 2.10. The zero-order chi connectivity index (χ0) is 18.5. The lowest BCUT2D eigenvalue weighted by Crippen LogP contribution is -2.35. The van der Waals surface area contributed by atoms with Crippen molar-refractivity contribution >= 4 is 17.5 Å². The van der Waals surface area contributed by atoms with E-state index in [4.69, 9.17) is 0 Å². The minimum atomic E-state index is -0.380. The first-order valence-electron chi connectivity index (χ1n) is 7.95. The molecule has 0 unspecified atom stereocenters. The largest absolute Gasteiger partial charge is 0.331 e. The lowest BCUT2D eigenvalue weighted by molar-refractivity contribution is -0.116. The third-order valence-corrected chi connectivity index (χ3v) is 3.68. The maximum absolute atomic E-state index is 13.0. The molecule has 3 rings (SSSR count). The number of aromatic nitrogens is 2. The van der Waals surface area contributed by atoms with Crippen LogP contribution in [0.3, 0.4) is 0 Å². The predicted octanol–water partition coefficient (Wildman–Crippen LogP) is 2.72. The van der Waals surface area contributed by atoms with Crippen molar-refractivity contribution in [3.8, 4) is 5.69 Å². The molecule has 1 heterocycles. The number of likely N-dealkylation sites (N-methyl/N-ethyl adjacent to an activating group) is 1. The van der Waals surface area contributed by atoms with Crippen molar-refractivity contribution in [1.29, 1.82) is 0 Å². The van der Waals surface area contributed by atoms with Crippen LogP contribution in [0.1, 0.15) is 10.5 Å². The van der Waals surface area contributed by atoms with Gasteiger partial charge in [-0.05, 0) is 42.5 Å². The van der Waals surface area contributed by atoms with Crippen LogP contribution < -0.4 is 5.32 Å². The average Bonchev–Trinajstić information content (AvgIpc) is 3.12. The van der Waals surface area contributed by atoms with Crippen LogP contribution in [-0.2, 0) is 4.79 Å². The number of carbonyl (C=O) groups is 2. The number of rotatable bonds is 5. The van der Waals surface area contributed by atoms with Crippen molar-refractivity contribution < 1.29 is 14.0 Å². The van der Waals surface area contributed by atoms with E-state index in [0.29, 0.717) is 11.4 Å². The summed E-state index contributed by atoms with van der Waals surface area (Å²) in [4.78, 5) is 25.8. The molecule has 0 aliphatic carbocycles. The zero-order valence-corrected chi connectivity index (χ0v) is 14.1. The van der Waals surface area contributed by atoms with Crippen molar-refractivity contribution in [3.05, 3.63) is 78.4 Å². The summed E-state index contributed by atoms with van der Waals surface area (Å²) in [5.74, 6) is -1.03. The zero-order valence-electron chi connectivity index (χ0n) is 14.1. The van der Waals surface area contributed by atoms with Crippen molar-refractivity contribution in [2.75, 3.05) is 18.9 Å². The molecule has 7 heteroatoms. The van der Waals surface area contributed by atoms with Crippen LogP contribution in [0.5, 0.6) is 0 Å². The molecule has 1 N–H and O–H groups in total. The van der Waals surface area contributed by atoms with E-state index in [9.17, 15) is 14.0 Å². The number of hydrogen-bond acceptors (Lipinski definition) is 3. The SMILES string of the molecule is CN(CC(=O)Nc1ccccc1)C(=O)c1ccn(-c2ccc(F)cc2)n1. The molecule has 0 saturated heterocycles. The van der Waals surface area contributed by atoms with E-state index in [0.717, 1.165) is 0 Å². The second-order valence-corrected chi connectivity index (χ2v) is 5.70. The molecule has 0 aliphatic heterocycles. The molecule has 0 bridgehead atoms. The number of nitrogens with one attached hydrogen (secondary N) is 1. The average molecular weight is 352 g/mol. The van der Waals surface area contributed by atoms with Gasteiger partial charge in [-0.25, -0.2) is 9.07 Å². The smallest absolute Gasteiger partial charge is 0.274 e. The van der Waals surface area contributed by atoms with Crippen LogP contribution in [-0.4, -0.2) is 40.1 Å². The van der Waals surface area contributed by atoms with Gasteiger partial charge in [0.2, 0.25) is 5.91 Å². The fourth-order valence-electron chi connectivity index (χ4n) is 2.38. The van der Waals surface area contributed by atoms with Crippen LogP contribution >= 0.6 is 0 Å². The van der Waals surface area contributed by atoms with Gasteiger partial charge in [0.25, 0.3) is 5.91 Å². The topological polar surface area (TPSA) is 67.2 Å². The molecule has 1 aromatic heterocycles. The Hall–Kier alpha value is -3.48. The molecule has 2 amide bonds. The Morgan fingerprint density at radius 1 is 1.08 bits per heavy atom. The standard InChI is InChI=1S/C19H17FN4O2/c1-23(13-18(25)21-15-5-3-2-4-6-15)19(26)17-11-12-24(22-17)16-9-7-14(20)8-10-16/h2-12H,13H2,1H3,(H,21,25). The van der Waals surface area contributed by atoms with Gasteiger partial charge in [-0.3, -0.25) is 9.59 Å². The molecule has 2 aromatic carbocycles. The molecule has 0 atom stereocenters. The van der Waals surface area contributed by atoms with Crippen LogP contribution in [0.2, 0.25) is 0 Å². The molecule has 0 spiro atoms. The molecular formula is C19H17FN4O2. The van der Waals surface area contributed by atoms with Gasteiger partial charge in [0.05, 0.1) is 12.2 Å². The molecule has 0 saturated carbocycles. The Balaban J connectivity index is 1.63. The van der Waals surface area contributed by atoms with Crippen molar-refractivity contribution in [1.82, 2.24) is 14.7 Å². The number of benzene rings is 2. The second kappa shape index (κ2) is 7.60. The van der Waals surface area contributed by atoms with Gasteiger partial charge >= 0.3 is 0 Å². The van der Waals surface area contributed by atoms with E-state index in [-0.39, 0.29) is 29.9 Å². The predicted molar refractivity (Wildman–Crippen MR) is 95.6 cm³/mol. The number of amides is 2. The van der Waals surface area contributed by atoms with Crippen LogP contribution in [0, 0.1) is 5.82 Å². The Kier molecular flexibility index (Phi) is 5.07. The molecule has 0 radical (unpaired) electrons. The fourth-order valence-corrected chi connectivity index (χ4v) is 2.38. The summed E-state index contributed by atoms with van der Waals surface area (Å²) in [6.07, 6.45) is 1.61. The number of hydrogen-bond donors (Lipinski definition) is 1. The highest BCUT2D eigenvalue weighted by atomic mass is 19.1. The normalized spacial score (nSPS) is 10.4. The van der Waals surface area contributed by atoms with E-state index in [2.05, 4.69) is 10.4 Å². The first-order valence-corrected chi connectivity index (χ1v) is 7.95. The molecule has 26 heavy (non-hydrogen) atoms. The quantitative estimate of drug-likeness (QED) is 0.768. The molecule has 132 valence electrons. The summed E-state index contributed by atoms with van der Waals surface area (Å²) in [6.45, 7) is -0.100. The van der Waals surface area contributed by atoms with E-state index in [1.165, 1.54) is 28.8 Å². The number of para-hydroxylation sites is 1. The van der Waals surface area contributed by atoms with Gasteiger partial charge < -0.3 is 10.2 Å². The van der Waals surface area contributed by atoms with Crippen LogP contribution in [0.25, 0.3) is 5.69 Å². The first kappa shape index (κ1) is 17.3. The van der Waals surface area contributed by atoms with Gasteiger partial charge in [0, 0.05) is 18.9 Å². The van der Waals surface area contributed by atoms with Gasteiger partial charge in [-0.1, -0.05) is 18.2 Å². The summed E-state index contributed by atoms with van der Waals surface area (Å²) in [5, 5.41) is 6.92. The van der Waals surface area contributed by atoms with Crippen LogP contribution in [0.4, 0.5) is 10.1 Å². The summed E-state index contributed by atoms with van der Waals surface area (Å²) in [5.41, 5.74) is 1.50. The van der Waals surface area contributed by atoms with Crippen molar-refractivity contribution in [3.63, 3.8) is 0 Å². The lowest BCUT2D eigenvalue weighted by atomic mass is 10.3. The van der Waals surface area contributed by atoms with E-state index in [1.807, 2.05) is 18.2 Å². The van der Waals surface area contributed by atoms with Gasteiger partial charge in [0.15, 0.2) is 5.69 Å². The summed E-state index contributed by atoms with van der Waals surface area (Å²) >= 11 is 0. The number of anilines is 1. The Morgan fingerprint density at radius 3 is 2.46 bits per heavy atom. The molecule has 0 fully saturated rings. The Morgan fingerprint density at radius 2 is 1.77 bits per heavy atom. The molecular weight excluding hydrogens is 335 g/mol. The van der Waals surface area contributed by atoms with Crippen molar-refractivity contribution in [2.24, 2.45) is 0 Å². The van der Waals surface area contributed by atoms with Gasteiger partial charge in [-0.2, -0.15) is 5.10 Å². The van der Waals surface area contributed by atoms with E-state index in [1.54, 1.807) is 36.5 Å². The molecule has 3 aromatic rings. The highest BCUT2D eigenvalue weighted by Gasteiger charge is 2.17. The second-order valence-electron chi connectivity index (χ2n) is 5.70. The minimum absolute atomic E-state index is 0.100. The maximum Gasteiger partial charge on any atom is 0.274 e. The number of halogens is 1. The first-order chi connectivity index (χ1) is 12.5. The number of nitrogens with zero attached hydrogens (tertiary/aromatic N) is 3. The van der Waals surface area contributed by atoms with Crippen LogP contribution in [0.15, 0.2) is 66.9 Å². The van der Waals surface area contributed by atoms with E-state index < -0.39 is 0 Å². The van der Waals surface area contributed by atoms with Gasteiger partial charge in [0.1, 0.15) is 5.82 Å². The fraction of sp³-hybridized carbons (Fsp3) is 0.105. The van der Waals surface area contributed by atoms with Crippen molar-refractivity contribution in [2.45, 2.75) is 0 Å². The Bertz CT molecular complexity index is 907. The highest BCUT2D eigenvalue weighted by molar-refractivity contribution is 5.98. The number of carbonyl (C=O) groups excluding carboxylic acids is 2. The van der Waals surface area contributed by atoms with Gasteiger partial charge in [-0.15, -0.1) is 0 Å². The third-order valence-electron chi connectivity index (χ3n) is 3.68. The maximum atomic E-state index is 13.0. The molecule has 6 nitrogen and oxygen atoms in total. The van der Waals surface area contributed by atoms with E-state index >= 15 is 0 Å². The third kappa shape index (κ3) is 4.13. The summed E-state index contributed by atoms with van der Waals surface area (Å²) in [7, 11) is 1.53. The lowest BCUT2D eigenvalue weighted by Gasteiger charge is -2.15.